The second-order valence-corrected chi connectivity index (χ2v) is 11.8. The van der Waals surface area contributed by atoms with Crippen LogP contribution in [-0.4, -0.2) is 60.7 Å². The number of carbonyl (C=O) groups is 2. The molecule has 0 radical (unpaired) electrons. The second kappa shape index (κ2) is 13.5. The average molecular weight is 565 g/mol. The van der Waals surface area contributed by atoms with Crippen LogP contribution in [0.3, 0.4) is 0 Å². The zero-order valence-electron chi connectivity index (χ0n) is 23.0. The lowest BCUT2D eigenvalue weighted by molar-refractivity contribution is -0.140. The van der Waals surface area contributed by atoms with E-state index in [2.05, 4.69) is 10.3 Å². The Bertz CT molecular complexity index is 1370. The first kappa shape index (κ1) is 29.2. The van der Waals surface area contributed by atoms with Gasteiger partial charge in [-0.05, 0) is 73.7 Å². The minimum atomic E-state index is -3.49. The predicted molar refractivity (Wildman–Crippen MR) is 152 cm³/mol. The maximum absolute atomic E-state index is 13.5. The van der Waals surface area contributed by atoms with Crippen molar-refractivity contribution in [2.75, 3.05) is 20.2 Å². The van der Waals surface area contributed by atoms with Crippen molar-refractivity contribution in [3.05, 3.63) is 89.7 Å². The van der Waals surface area contributed by atoms with Crippen molar-refractivity contribution < 1.29 is 22.7 Å². The zero-order valence-corrected chi connectivity index (χ0v) is 23.8. The van der Waals surface area contributed by atoms with Crippen LogP contribution in [0.1, 0.15) is 43.0 Å². The van der Waals surface area contributed by atoms with Gasteiger partial charge in [0.05, 0.1) is 24.2 Å². The molecule has 1 aliphatic rings. The van der Waals surface area contributed by atoms with Gasteiger partial charge in [0.25, 0.3) is 0 Å². The average Bonchev–Trinajstić information content (AvgIpc) is 3.54. The number of carbonyl (C=O) groups excluding carboxylic acids is 2. The number of pyridine rings is 1. The zero-order chi connectivity index (χ0) is 28.5. The van der Waals surface area contributed by atoms with Crippen LogP contribution in [0.2, 0.25) is 0 Å². The van der Waals surface area contributed by atoms with Gasteiger partial charge >= 0.3 is 0 Å². The molecule has 0 saturated carbocycles. The van der Waals surface area contributed by atoms with E-state index < -0.39 is 16.1 Å². The van der Waals surface area contributed by atoms with Gasteiger partial charge in [0.2, 0.25) is 21.8 Å². The molecule has 1 aliphatic heterocycles. The Kier molecular flexibility index (Phi) is 9.89. The van der Waals surface area contributed by atoms with Crippen LogP contribution in [0.15, 0.2) is 77.8 Å². The third-order valence-electron chi connectivity index (χ3n) is 7.10. The molecule has 0 bridgehead atoms. The molecule has 2 amide bonds. The lowest BCUT2D eigenvalue weighted by Crippen LogP contribution is -2.47. The summed E-state index contributed by atoms with van der Waals surface area (Å²) in [5.74, 6) is 0.257. The molecule has 0 spiro atoms. The first-order valence-corrected chi connectivity index (χ1v) is 14.9. The third-order valence-corrected chi connectivity index (χ3v) is 9.02. The summed E-state index contributed by atoms with van der Waals surface area (Å²) in [5.41, 5.74) is 2.45. The minimum absolute atomic E-state index is 0.173. The van der Waals surface area contributed by atoms with Gasteiger partial charge in [-0.3, -0.25) is 14.6 Å². The molecule has 212 valence electrons. The van der Waals surface area contributed by atoms with Crippen LogP contribution in [0, 0.1) is 0 Å². The number of aromatic nitrogens is 1. The molecule has 10 heteroatoms. The molecule has 1 N–H and O–H groups in total. The van der Waals surface area contributed by atoms with Gasteiger partial charge < -0.3 is 15.0 Å². The van der Waals surface area contributed by atoms with Gasteiger partial charge in [0, 0.05) is 32.3 Å². The fourth-order valence-corrected chi connectivity index (χ4v) is 6.16. The van der Waals surface area contributed by atoms with E-state index in [1.54, 1.807) is 49.4 Å². The molecule has 1 unspecified atom stereocenters. The maximum Gasteiger partial charge on any atom is 0.243 e. The van der Waals surface area contributed by atoms with Gasteiger partial charge in [-0.15, -0.1) is 0 Å². The highest BCUT2D eigenvalue weighted by Gasteiger charge is 2.28. The highest BCUT2D eigenvalue weighted by Crippen LogP contribution is 2.22. The molecule has 1 atom stereocenters. The molecular formula is C30H36N4O5S. The molecule has 2 aromatic carbocycles. The minimum Gasteiger partial charge on any atom is -0.497 e. The molecule has 1 fully saturated rings. The number of methoxy groups -OCH3 is 1. The monoisotopic (exact) mass is 564 g/mol. The number of amides is 2. The molecule has 0 aliphatic carbocycles. The van der Waals surface area contributed by atoms with Crippen molar-refractivity contribution in [1.82, 2.24) is 19.5 Å². The summed E-state index contributed by atoms with van der Waals surface area (Å²) in [7, 11) is -1.90. The van der Waals surface area contributed by atoms with Gasteiger partial charge in [0.15, 0.2) is 0 Å². The third kappa shape index (κ3) is 7.45. The number of nitrogens with one attached hydrogen (secondary N) is 1. The molecule has 1 aromatic heterocycles. The number of hydrogen-bond acceptors (Lipinski definition) is 6. The number of hydrogen-bond donors (Lipinski definition) is 1. The fourth-order valence-electron chi connectivity index (χ4n) is 4.64. The molecule has 1 saturated heterocycles. The van der Waals surface area contributed by atoms with E-state index >= 15 is 0 Å². The SMILES string of the molecule is COc1ccc(CN(C(=O)CCc2ccc(S(=O)(=O)N3CCCC3)cc2)C(C)C(=O)NCc2ccccn2)cc1. The highest BCUT2D eigenvalue weighted by molar-refractivity contribution is 7.89. The highest BCUT2D eigenvalue weighted by atomic mass is 32.2. The normalized spacial score (nSPS) is 14.4. The van der Waals surface area contributed by atoms with E-state index in [4.69, 9.17) is 4.74 Å². The Labute approximate surface area is 236 Å². The summed E-state index contributed by atoms with van der Waals surface area (Å²) in [5, 5.41) is 2.88. The largest absolute Gasteiger partial charge is 0.497 e. The molecule has 40 heavy (non-hydrogen) atoms. The van der Waals surface area contributed by atoms with Gasteiger partial charge in [0.1, 0.15) is 11.8 Å². The fraction of sp³-hybridized carbons (Fsp3) is 0.367. The summed E-state index contributed by atoms with van der Waals surface area (Å²) in [6.07, 6.45) is 4.02. The Morgan fingerprint density at radius 1 is 1.00 bits per heavy atom. The number of sulfonamides is 1. The Hall–Kier alpha value is -3.76. The molecule has 4 rings (SSSR count). The first-order chi connectivity index (χ1) is 19.3. The summed E-state index contributed by atoms with van der Waals surface area (Å²) in [6, 6.07) is 18.9. The number of nitrogens with zero attached hydrogens (tertiary/aromatic N) is 3. The Morgan fingerprint density at radius 3 is 2.30 bits per heavy atom. The van der Waals surface area contributed by atoms with Crippen LogP contribution in [0.4, 0.5) is 0 Å². The van der Waals surface area contributed by atoms with Gasteiger partial charge in [-0.2, -0.15) is 4.31 Å². The van der Waals surface area contributed by atoms with Crippen molar-refractivity contribution >= 4 is 21.8 Å². The van der Waals surface area contributed by atoms with Crippen molar-refractivity contribution in [1.29, 1.82) is 0 Å². The number of rotatable bonds is 12. The standard InChI is InChI=1S/C30H36N4O5S/c1-23(30(36)32-21-26-7-3-4-18-31-26)34(22-25-8-13-27(39-2)14-9-25)29(35)17-12-24-10-15-28(16-11-24)40(37,38)33-19-5-6-20-33/h3-4,7-11,13-16,18,23H,5-6,12,17,19-22H2,1-2H3,(H,32,36). The van der Waals surface area contributed by atoms with Crippen molar-refractivity contribution in [2.24, 2.45) is 0 Å². The Balaban J connectivity index is 1.43. The summed E-state index contributed by atoms with van der Waals surface area (Å²) < 4.78 is 32.4. The van der Waals surface area contributed by atoms with E-state index in [0.717, 1.165) is 29.7 Å². The van der Waals surface area contributed by atoms with Gasteiger partial charge in [-0.1, -0.05) is 30.3 Å². The number of benzene rings is 2. The maximum atomic E-state index is 13.5. The molecule has 3 aromatic rings. The van der Waals surface area contributed by atoms with Crippen molar-refractivity contribution in [3.63, 3.8) is 0 Å². The van der Waals surface area contributed by atoms with Crippen LogP contribution < -0.4 is 10.1 Å². The first-order valence-electron chi connectivity index (χ1n) is 13.5. The number of ether oxygens (including phenoxy) is 1. The summed E-state index contributed by atoms with van der Waals surface area (Å²) >= 11 is 0. The second-order valence-electron chi connectivity index (χ2n) is 9.84. The van der Waals surface area contributed by atoms with E-state index in [0.29, 0.717) is 25.3 Å². The van der Waals surface area contributed by atoms with Crippen LogP contribution in [0.5, 0.6) is 5.75 Å². The summed E-state index contributed by atoms with van der Waals surface area (Å²) in [6.45, 7) is 3.34. The molecular weight excluding hydrogens is 528 g/mol. The van der Waals surface area contributed by atoms with E-state index in [1.807, 2.05) is 42.5 Å². The van der Waals surface area contributed by atoms with Crippen LogP contribution in [-0.2, 0) is 39.1 Å². The van der Waals surface area contributed by atoms with E-state index in [-0.39, 0.29) is 36.2 Å². The topological polar surface area (TPSA) is 109 Å². The number of aryl methyl sites for hydroxylation is 1. The molecule has 2 heterocycles. The van der Waals surface area contributed by atoms with Gasteiger partial charge in [-0.25, -0.2) is 8.42 Å². The van der Waals surface area contributed by atoms with E-state index in [9.17, 15) is 18.0 Å². The predicted octanol–water partition coefficient (Wildman–Crippen LogP) is 3.54. The molecule has 9 nitrogen and oxygen atoms in total. The van der Waals surface area contributed by atoms with Crippen molar-refractivity contribution in [2.45, 2.75) is 56.6 Å². The lowest BCUT2D eigenvalue weighted by Gasteiger charge is -2.29. The van der Waals surface area contributed by atoms with Crippen LogP contribution in [0.25, 0.3) is 0 Å². The summed E-state index contributed by atoms with van der Waals surface area (Å²) in [4.78, 5) is 32.6. The van der Waals surface area contributed by atoms with Crippen molar-refractivity contribution in [3.8, 4) is 5.75 Å². The quantitative estimate of drug-likeness (QED) is 0.361. The van der Waals surface area contributed by atoms with E-state index in [1.165, 1.54) is 4.31 Å². The smallest absolute Gasteiger partial charge is 0.243 e. The lowest BCUT2D eigenvalue weighted by atomic mass is 10.1. The van der Waals surface area contributed by atoms with Crippen LogP contribution >= 0.6 is 0 Å². The Morgan fingerprint density at radius 2 is 1.68 bits per heavy atom.